The molecule has 0 radical (unpaired) electrons. The van der Waals surface area contributed by atoms with E-state index in [0.29, 0.717) is 12.8 Å². The molecule has 0 N–H and O–H groups in total. The van der Waals surface area contributed by atoms with Gasteiger partial charge in [-0.05, 0) is 38.7 Å². The minimum absolute atomic E-state index is 0.171. The molecule has 2 saturated carbocycles. The molecule has 5 nitrogen and oxygen atoms in total. The molecule has 0 unspecified atom stereocenters. The minimum Gasteiger partial charge on any atom is -0.472 e. The molecular weight excluding hydrogens is 320 g/mol. The standard InChI is InChI=1S/C20H22O5/c1-12-4-6-18(3)17(2)7-8-20(18,25-15(17)21)19(12)10-14(24-16(19)22)13-5-9-23-11-13/h5,9,11,14H,1,4,6-8,10H2,2-3H3/t14-,17+,18-,19+,20+/m1/s1. The number of rotatable bonds is 1. The van der Waals surface area contributed by atoms with E-state index in [9.17, 15) is 9.59 Å². The summed E-state index contributed by atoms with van der Waals surface area (Å²) in [5, 5.41) is 0. The summed E-state index contributed by atoms with van der Waals surface area (Å²) < 4.78 is 17.0. The molecule has 25 heavy (non-hydrogen) atoms. The van der Waals surface area contributed by atoms with E-state index in [1.54, 1.807) is 12.5 Å². The molecule has 5 heteroatoms. The molecule has 1 spiro atoms. The van der Waals surface area contributed by atoms with Crippen LogP contribution in [0.2, 0.25) is 0 Å². The minimum atomic E-state index is -0.953. The van der Waals surface area contributed by atoms with Crippen molar-refractivity contribution in [3.05, 3.63) is 36.3 Å². The fourth-order valence-corrected chi connectivity index (χ4v) is 6.23. The van der Waals surface area contributed by atoms with Gasteiger partial charge < -0.3 is 13.9 Å². The molecule has 0 amide bonds. The Balaban J connectivity index is 1.69. The van der Waals surface area contributed by atoms with E-state index in [1.807, 2.05) is 13.0 Å². The molecule has 2 aliphatic carbocycles. The molecule has 132 valence electrons. The van der Waals surface area contributed by atoms with E-state index in [0.717, 1.165) is 30.4 Å². The maximum Gasteiger partial charge on any atom is 0.321 e. The quantitative estimate of drug-likeness (QED) is 0.575. The van der Waals surface area contributed by atoms with Crippen LogP contribution in [0.1, 0.15) is 57.6 Å². The normalized spacial score (nSPS) is 47.9. The zero-order valence-electron chi connectivity index (χ0n) is 14.6. The van der Waals surface area contributed by atoms with E-state index < -0.39 is 16.4 Å². The van der Waals surface area contributed by atoms with Crippen LogP contribution in [0.4, 0.5) is 0 Å². The first-order valence-corrected chi connectivity index (χ1v) is 8.96. The summed E-state index contributed by atoms with van der Waals surface area (Å²) in [5.74, 6) is -0.469. The van der Waals surface area contributed by atoms with E-state index >= 15 is 0 Å². The zero-order valence-corrected chi connectivity index (χ0v) is 14.6. The summed E-state index contributed by atoms with van der Waals surface area (Å²) in [6.07, 6.45) is 6.25. The maximum atomic E-state index is 13.2. The van der Waals surface area contributed by atoms with E-state index in [-0.39, 0.29) is 23.5 Å². The van der Waals surface area contributed by atoms with Gasteiger partial charge in [-0.1, -0.05) is 19.1 Å². The Hall–Kier alpha value is -2.04. The highest BCUT2D eigenvalue weighted by Crippen LogP contribution is 2.78. The number of hydrogen-bond acceptors (Lipinski definition) is 5. The van der Waals surface area contributed by atoms with Crippen molar-refractivity contribution in [3.8, 4) is 0 Å². The number of furan rings is 1. The van der Waals surface area contributed by atoms with Gasteiger partial charge in [-0.15, -0.1) is 0 Å². The van der Waals surface area contributed by atoms with Crippen molar-refractivity contribution in [2.45, 2.75) is 57.7 Å². The molecule has 1 aromatic rings. The maximum absolute atomic E-state index is 13.2. The van der Waals surface area contributed by atoms with Crippen LogP contribution in [-0.2, 0) is 19.1 Å². The molecule has 0 aromatic carbocycles. The number of cyclic esters (lactones) is 1. The lowest BCUT2D eigenvalue weighted by atomic mass is 9.48. The largest absolute Gasteiger partial charge is 0.472 e. The van der Waals surface area contributed by atoms with Crippen molar-refractivity contribution in [1.29, 1.82) is 0 Å². The average molecular weight is 342 g/mol. The van der Waals surface area contributed by atoms with E-state index in [2.05, 4.69) is 13.5 Å². The molecular formula is C20H22O5. The Morgan fingerprint density at radius 2 is 1.96 bits per heavy atom. The summed E-state index contributed by atoms with van der Waals surface area (Å²) in [7, 11) is 0. The van der Waals surface area contributed by atoms with Crippen LogP contribution in [0, 0.1) is 16.2 Å². The van der Waals surface area contributed by atoms with Gasteiger partial charge in [0.05, 0.1) is 17.9 Å². The van der Waals surface area contributed by atoms with Crippen molar-refractivity contribution in [2.24, 2.45) is 16.2 Å². The molecule has 2 saturated heterocycles. The second-order valence-corrected chi connectivity index (χ2v) is 8.54. The molecule has 1 aromatic heterocycles. The van der Waals surface area contributed by atoms with E-state index in [1.165, 1.54) is 0 Å². The fourth-order valence-electron chi connectivity index (χ4n) is 6.23. The van der Waals surface area contributed by atoms with Crippen molar-refractivity contribution in [1.82, 2.24) is 0 Å². The van der Waals surface area contributed by atoms with Gasteiger partial charge in [-0.25, -0.2) is 0 Å². The van der Waals surface area contributed by atoms with Crippen LogP contribution in [0.15, 0.2) is 35.2 Å². The Kier molecular flexibility index (Phi) is 2.56. The van der Waals surface area contributed by atoms with Gasteiger partial charge in [-0.3, -0.25) is 9.59 Å². The van der Waals surface area contributed by atoms with Gasteiger partial charge in [0, 0.05) is 17.4 Å². The number of esters is 2. The average Bonchev–Trinajstić information content (AvgIpc) is 3.29. The highest BCUT2D eigenvalue weighted by atomic mass is 16.6. The van der Waals surface area contributed by atoms with Crippen LogP contribution >= 0.6 is 0 Å². The molecule has 2 aliphatic heterocycles. The van der Waals surface area contributed by atoms with Crippen LogP contribution in [0.5, 0.6) is 0 Å². The molecule has 2 bridgehead atoms. The van der Waals surface area contributed by atoms with Crippen molar-refractivity contribution < 1.29 is 23.5 Å². The van der Waals surface area contributed by atoms with Gasteiger partial charge >= 0.3 is 11.9 Å². The van der Waals surface area contributed by atoms with Crippen molar-refractivity contribution >= 4 is 11.9 Å². The first kappa shape index (κ1) is 15.2. The second-order valence-electron chi connectivity index (χ2n) is 8.54. The predicted octanol–water partition coefficient (Wildman–Crippen LogP) is 3.71. The number of ether oxygens (including phenoxy) is 2. The van der Waals surface area contributed by atoms with Gasteiger partial charge in [0.15, 0.2) is 0 Å². The lowest BCUT2D eigenvalue weighted by Crippen LogP contribution is -2.61. The van der Waals surface area contributed by atoms with Crippen LogP contribution in [-0.4, -0.2) is 17.5 Å². The molecule has 4 aliphatic rings. The third-order valence-corrected chi connectivity index (χ3v) is 8.03. The summed E-state index contributed by atoms with van der Waals surface area (Å²) in [5.41, 5.74) is -1.01. The summed E-state index contributed by atoms with van der Waals surface area (Å²) in [6, 6.07) is 1.82. The molecule has 5 rings (SSSR count). The summed E-state index contributed by atoms with van der Waals surface area (Å²) >= 11 is 0. The third kappa shape index (κ3) is 1.33. The number of carbonyl (C=O) groups is 2. The van der Waals surface area contributed by atoms with E-state index in [4.69, 9.17) is 13.9 Å². The van der Waals surface area contributed by atoms with Gasteiger partial charge in [-0.2, -0.15) is 0 Å². The van der Waals surface area contributed by atoms with Crippen molar-refractivity contribution in [2.75, 3.05) is 0 Å². The number of carbonyl (C=O) groups excluding carboxylic acids is 2. The lowest BCUT2D eigenvalue weighted by molar-refractivity contribution is -0.185. The molecule has 4 fully saturated rings. The monoisotopic (exact) mass is 342 g/mol. The summed E-state index contributed by atoms with van der Waals surface area (Å²) in [4.78, 5) is 26.0. The smallest absolute Gasteiger partial charge is 0.321 e. The van der Waals surface area contributed by atoms with Crippen LogP contribution < -0.4 is 0 Å². The van der Waals surface area contributed by atoms with Gasteiger partial charge in [0.2, 0.25) is 0 Å². The SMILES string of the molecule is C=C1CC[C@@]2(C)[C@@]3(CC[C@@]2(C)C(=O)O3)[C@@]12C[C@H](c1ccoc1)OC2=O. The highest BCUT2D eigenvalue weighted by Gasteiger charge is 2.84. The second kappa shape index (κ2) is 4.19. The first-order chi connectivity index (χ1) is 11.8. The van der Waals surface area contributed by atoms with Crippen LogP contribution in [0.25, 0.3) is 0 Å². The summed E-state index contributed by atoms with van der Waals surface area (Å²) in [6.45, 7) is 8.37. The highest BCUT2D eigenvalue weighted by molar-refractivity contribution is 5.90. The first-order valence-electron chi connectivity index (χ1n) is 8.96. The molecule has 3 heterocycles. The zero-order chi connectivity index (χ0) is 17.7. The topological polar surface area (TPSA) is 65.7 Å². The Bertz CT molecular complexity index is 810. The molecule has 5 atom stereocenters. The van der Waals surface area contributed by atoms with Gasteiger partial charge in [0.25, 0.3) is 0 Å². The lowest BCUT2D eigenvalue weighted by Gasteiger charge is -2.53. The van der Waals surface area contributed by atoms with Crippen LogP contribution in [0.3, 0.4) is 0 Å². The Morgan fingerprint density at radius 3 is 2.64 bits per heavy atom. The predicted molar refractivity (Wildman–Crippen MR) is 87.2 cm³/mol. The Morgan fingerprint density at radius 1 is 1.16 bits per heavy atom. The third-order valence-electron chi connectivity index (χ3n) is 8.03. The number of hydrogen-bond donors (Lipinski definition) is 0. The fraction of sp³-hybridized carbons (Fsp3) is 0.600. The van der Waals surface area contributed by atoms with Gasteiger partial charge in [0.1, 0.15) is 17.1 Å². The van der Waals surface area contributed by atoms with Crippen molar-refractivity contribution in [3.63, 3.8) is 0 Å². The Labute approximate surface area is 146 Å².